The number of carbonyl (C=O) groups is 1. The Hall–Kier alpha value is -1.62. The van der Waals surface area contributed by atoms with Crippen molar-refractivity contribution in [2.45, 2.75) is 6.92 Å². The number of carbonyl (C=O) groups excluding carboxylic acids is 1. The lowest BCUT2D eigenvalue weighted by Crippen LogP contribution is -2.44. The summed E-state index contributed by atoms with van der Waals surface area (Å²) in [5.74, 6) is 0.301. The van der Waals surface area contributed by atoms with Crippen molar-refractivity contribution in [3.05, 3.63) is 23.4 Å². The summed E-state index contributed by atoms with van der Waals surface area (Å²) >= 11 is 0. The molecule has 86 valence electrons. The number of aryl methyl sites for hydroxylation is 1. The normalized spacial score (nSPS) is 16.2. The van der Waals surface area contributed by atoms with Crippen molar-refractivity contribution >= 4 is 11.7 Å². The molecule has 3 N–H and O–H groups in total. The Morgan fingerprint density at radius 3 is 2.75 bits per heavy atom. The second-order valence-corrected chi connectivity index (χ2v) is 3.93. The third-order valence-corrected chi connectivity index (χ3v) is 2.70. The molecule has 1 fully saturated rings. The minimum atomic E-state index is -0.416. The van der Waals surface area contributed by atoms with E-state index in [-0.39, 0.29) is 0 Å². The van der Waals surface area contributed by atoms with Crippen LogP contribution in [0.25, 0.3) is 0 Å². The molecule has 1 aromatic rings. The van der Waals surface area contributed by atoms with Crippen molar-refractivity contribution in [1.29, 1.82) is 0 Å². The van der Waals surface area contributed by atoms with Crippen LogP contribution in [-0.4, -0.2) is 37.1 Å². The molecule has 0 spiro atoms. The number of hydrogen-bond acceptors (Lipinski definition) is 4. The average Bonchev–Trinajstić information content (AvgIpc) is 2.29. The number of anilines is 1. The van der Waals surface area contributed by atoms with Crippen molar-refractivity contribution < 1.29 is 4.79 Å². The van der Waals surface area contributed by atoms with Crippen molar-refractivity contribution in [3.8, 4) is 0 Å². The molecule has 0 unspecified atom stereocenters. The first-order chi connectivity index (χ1) is 7.68. The number of pyridine rings is 1. The highest BCUT2D eigenvalue weighted by Gasteiger charge is 2.18. The van der Waals surface area contributed by atoms with Crippen LogP contribution < -0.4 is 16.0 Å². The molecule has 0 saturated carbocycles. The summed E-state index contributed by atoms with van der Waals surface area (Å²) in [5.41, 5.74) is 6.76. The Labute approximate surface area is 94.6 Å². The number of nitrogens with zero attached hydrogens (tertiary/aromatic N) is 2. The maximum Gasteiger partial charge on any atom is 0.252 e. The fourth-order valence-electron chi connectivity index (χ4n) is 1.85. The molecule has 1 amide bonds. The maximum atomic E-state index is 11.3. The molecular weight excluding hydrogens is 204 g/mol. The molecule has 2 heterocycles. The third-order valence-electron chi connectivity index (χ3n) is 2.70. The van der Waals surface area contributed by atoms with Crippen LogP contribution in [0.3, 0.4) is 0 Å². The van der Waals surface area contributed by atoms with Gasteiger partial charge in [0, 0.05) is 31.9 Å². The largest absolute Gasteiger partial charge is 0.365 e. The molecular formula is C11H16N4O. The summed E-state index contributed by atoms with van der Waals surface area (Å²) in [6, 6.07) is 3.56. The van der Waals surface area contributed by atoms with E-state index in [2.05, 4.69) is 15.2 Å². The van der Waals surface area contributed by atoms with E-state index in [4.69, 9.17) is 5.73 Å². The van der Waals surface area contributed by atoms with Gasteiger partial charge >= 0.3 is 0 Å². The van der Waals surface area contributed by atoms with E-state index in [1.807, 2.05) is 13.0 Å². The molecule has 0 aromatic carbocycles. The van der Waals surface area contributed by atoms with E-state index < -0.39 is 5.91 Å². The second-order valence-electron chi connectivity index (χ2n) is 3.93. The SMILES string of the molecule is Cc1ccc(C(N)=O)c(N2CCNCC2)n1. The summed E-state index contributed by atoms with van der Waals surface area (Å²) in [5, 5.41) is 3.26. The van der Waals surface area contributed by atoms with Gasteiger partial charge in [-0.3, -0.25) is 4.79 Å². The van der Waals surface area contributed by atoms with Crippen LogP contribution in [0, 0.1) is 6.92 Å². The maximum absolute atomic E-state index is 11.3. The number of nitrogens with two attached hydrogens (primary N) is 1. The van der Waals surface area contributed by atoms with Gasteiger partial charge in [-0.05, 0) is 19.1 Å². The van der Waals surface area contributed by atoms with E-state index in [9.17, 15) is 4.79 Å². The first-order valence-electron chi connectivity index (χ1n) is 5.41. The first kappa shape index (κ1) is 10.9. The van der Waals surface area contributed by atoms with Gasteiger partial charge in [0.2, 0.25) is 0 Å². The van der Waals surface area contributed by atoms with E-state index in [0.717, 1.165) is 31.9 Å². The molecule has 0 radical (unpaired) electrons. The molecule has 1 aliphatic rings. The van der Waals surface area contributed by atoms with Crippen LogP contribution in [0.4, 0.5) is 5.82 Å². The van der Waals surface area contributed by atoms with Gasteiger partial charge in [0.25, 0.3) is 5.91 Å². The standard InChI is InChI=1S/C11H16N4O/c1-8-2-3-9(10(12)16)11(14-8)15-6-4-13-5-7-15/h2-3,13H,4-7H2,1H3,(H2,12,16). The van der Waals surface area contributed by atoms with Crippen LogP contribution in [0.1, 0.15) is 16.1 Å². The molecule has 16 heavy (non-hydrogen) atoms. The fraction of sp³-hybridized carbons (Fsp3) is 0.455. The highest BCUT2D eigenvalue weighted by molar-refractivity contribution is 5.97. The lowest BCUT2D eigenvalue weighted by Gasteiger charge is -2.29. The molecule has 5 heteroatoms. The Balaban J connectivity index is 2.36. The van der Waals surface area contributed by atoms with E-state index in [0.29, 0.717) is 11.4 Å². The van der Waals surface area contributed by atoms with E-state index >= 15 is 0 Å². The number of piperazine rings is 1. The minimum Gasteiger partial charge on any atom is -0.365 e. The molecule has 0 bridgehead atoms. The Kier molecular flexibility index (Phi) is 3.05. The van der Waals surface area contributed by atoms with Crippen LogP contribution in [-0.2, 0) is 0 Å². The fourth-order valence-corrected chi connectivity index (χ4v) is 1.85. The molecule has 0 aliphatic carbocycles. The quantitative estimate of drug-likeness (QED) is 0.730. The van der Waals surface area contributed by atoms with Crippen LogP contribution in [0.15, 0.2) is 12.1 Å². The number of hydrogen-bond donors (Lipinski definition) is 2. The third kappa shape index (κ3) is 2.14. The topological polar surface area (TPSA) is 71.2 Å². The van der Waals surface area contributed by atoms with Gasteiger partial charge in [0.05, 0.1) is 5.56 Å². The first-order valence-corrected chi connectivity index (χ1v) is 5.41. The van der Waals surface area contributed by atoms with E-state index in [1.165, 1.54) is 0 Å². The number of primary amides is 1. The number of aromatic nitrogens is 1. The zero-order chi connectivity index (χ0) is 11.5. The lowest BCUT2D eigenvalue weighted by molar-refractivity contribution is 0.100. The van der Waals surface area contributed by atoms with Crippen molar-refractivity contribution in [2.75, 3.05) is 31.1 Å². The summed E-state index contributed by atoms with van der Waals surface area (Å²) in [4.78, 5) is 17.8. The van der Waals surface area contributed by atoms with Crippen molar-refractivity contribution in [2.24, 2.45) is 5.73 Å². The highest BCUT2D eigenvalue weighted by Crippen LogP contribution is 2.18. The molecule has 1 aromatic heterocycles. The molecule has 1 aliphatic heterocycles. The molecule has 5 nitrogen and oxygen atoms in total. The zero-order valence-electron chi connectivity index (χ0n) is 9.36. The van der Waals surface area contributed by atoms with Crippen molar-refractivity contribution in [1.82, 2.24) is 10.3 Å². The van der Waals surface area contributed by atoms with Gasteiger partial charge in [0.15, 0.2) is 0 Å². The van der Waals surface area contributed by atoms with Crippen LogP contribution in [0.2, 0.25) is 0 Å². The Morgan fingerprint density at radius 2 is 2.12 bits per heavy atom. The summed E-state index contributed by atoms with van der Waals surface area (Å²) in [6.07, 6.45) is 0. The van der Waals surface area contributed by atoms with Gasteiger partial charge in [-0.1, -0.05) is 0 Å². The number of rotatable bonds is 2. The summed E-state index contributed by atoms with van der Waals surface area (Å²) in [7, 11) is 0. The van der Waals surface area contributed by atoms with Gasteiger partial charge < -0.3 is 16.0 Å². The number of amides is 1. The summed E-state index contributed by atoms with van der Waals surface area (Å²) < 4.78 is 0. The molecule has 0 atom stereocenters. The molecule has 1 saturated heterocycles. The van der Waals surface area contributed by atoms with Crippen LogP contribution in [0.5, 0.6) is 0 Å². The van der Waals surface area contributed by atoms with Crippen LogP contribution >= 0.6 is 0 Å². The average molecular weight is 220 g/mol. The second kappa shape index (κ2) is 4.49. The Morgan fingerprint density at radius 1 is 1.44 bits per heavy atom. The predicted molar refractivity (Wildman–Crippen MR) is 62.6 cm³/mol. The van der Waals surface area contributed by atoms with E-state index in [1.54, 1.807) is 6.07 Å². The summed E-state index contributed by atoms with van der Waals surface area (Å²) in [6.45, 7) is 5.45. The van der Waals surface area contributed by atoms with Gasteiger partial charge in [-0.2, -0.15) is 0 Å². The smallest absolute Gasteiger partial charge is 0.252 e. The van der Waals surface area contributed by atoms with Gasteiger partial charge in [-0.15, -0.1) is 0 Å². The lowest BCUT2D eigenvalue weighted by atomic mass is 10.2. The monoisotopic (exact) mass is 220 g/mol. The predicted octanol–water partition coefficient (Wildman–Crippen LogP) is -0.101. The number of nitrogens with one attached hydrogen (secondary N) is 1. The van der Waals surface area contributed by atoms with Gasteiger partial charge in [-0.25, -0.2) is 4.98 Å². The Bertz CT molecular complexity index is 399. The highest BCUT2D eigenvalue weighted by atomic mass is 16.1. The molecule has 2 rings (SSSR count). The minimum absolute atomic E-state index is 0.416. The zero-order valence-corrected chi connectivity index (χ0v) is 9.36. The van der Waals surface area contributed by atoms with Gasteiger partial charge in [0.1, 0.15) is 5.82 Å². The van der Waals surface area contributed by atoms with Crippen molar-refractivity contribution in [3.63, 3.8) is 0 Å².